The van der Waals surface area contributed by atoms with Crippen LogP contribution in [0.4, 0.5) is 5.69 Å². The van der Waals surface area contributed by atoms with Crippen LogP contribution in [0.1, 0.15) is 5.56 Å². The summed E-state index contributed by atoms with van der Waals surface area (Å²) in [6.45, 7) is 1.66. The van der Waals surface area contributed by atoms with E-state index in [0.717, 1.165) is 0 Å². The molecule has 1 rings (SSSR count). The highest BCUT2D eigenvalue weighted by Gasteiger charge is 2.23. The highest BCUT2D eigenvalue weighted by molar-refractivity contribution is 7.86. The minimum absolute atomic E-state index is 0.173. The molecule has 0 fully saturated rings. The summed E-state index contributed by atoms with van der Waals surface area (Å²) in [6.07, 6.45) is 0. The SMILES string of the molecule is Cc1ccc([N+]#N)c(S(=O)(=O)O)c1. The normalized spacial score (nSPS) is 10.8. The monoisotopic (exact) mass is 199 g/mol. The highest BCUT2D eigenvalue weighted by atomic mass is 32.2. The molecule has 6 heteroatoms. The number of aryl methyl sites for hydroxylation is 1. The first-order valence-electron chi connectivity index (χ1n) is 3.38. The second-order valence-electron chi connectivity index (χ2n) is 2.55. The number of hydrogen-bond donors (Lipinski definition) is 1. The van der Waals surface area contributed by atoms with E-state index in [2.05, 4.69) is 4.98 Å². The van der Waals surface area contributed by atoms with Gasteiger partial charge < -0.3 is 0 Å². The van der Waals surface area contributed by atoms with Crippen molar-refractivity contribution in [3.63, 3.8) is 0 Å². The summed E-state index contributed by atoms with van der Waals surface area (Å²) in [7, 11) is -4.32. The molecule has 0 amide bonds. The molecule has 5 nitrogen and oxygen atoms in total. The third-order valence-electron chi connectivity index (χ3n) is 1.50. The summed E-state index contributed by atoms with van der Waals surface area (Å²) in [5.74, 6) is 0. The molecule has 0 spiro atoms. The summed E-state index contributed by atoms with van der Waals surface area (Å²) in [6, 6.07) is 4.10. The molecule has 0 atom stereocenters. The maximum absolute atomic E-state index is 10.7. The van der Waals surface area contributed by atoms with Crippen molar-refractivity contribution in [1.29, 1.82) is 5.39 Å². The molecule has 0 aliphatic carbocycles. The van der Waals surface area contributed by atoms with E-state index >= 15 is 0 Å². The number of diazo groups is 1. The van der Waals surface area contributed by atoms with Crippen LogP contribution in [0.15, 0.2) is 23.1 Å². The maximum atomic E-state index is 10.7. The third kappa shape index (κ3) is 2.02. The molecule has 0 heterocycles. The van der Waals surface area contributed by atoms with E-state index in [9.17, 15) is 8.42 Å². The van der Waals surface area contributed by atoms with E-state index in [-0.39, 0.29) is 5.69 Å². The molecule has 0 aromatic heterocycles. The Balaban J connectivity index is 3.53. The molecule has 0 aliphatic heterocycles. The molecule has 1 aromatic rings. The van der Waals surface area contributed by atoms with Gasteiger partial charge in [-0.2, -0.15) is 8.42 Å². The number of rotatable bonds is 1. The largest absolute Gasteiger partial charge is 0.405 e. The van der Waals surface area contributed by atoms with Crippen molar-refractivity contribution < 1.29 is 13.0 Å². The fourth-order valence-electron chi connectivity index (χ4n) is 0.911. The van der Waals surface area contributed by atoms with E-state index in [1.54, 1.807) is 13.0 Å². The Morgan fingerprint density at radius 1 is 1.46 bits per heavy atom. The second-order valence-corrected chi connectivity index (χ2v) is 3.94. The van der Waals surface area contributed by atoms with Gasteiger partial charge in [0.1, 0.15) is 0 Å². The summed E-state index contributed by atoms with van der Waals surface area (Å²) in [5.41, 5.74) is 0.480. The predicted molar refractivity (Wildman–Crippen MR) is 45.7 cm³/mol. The zero-order chi connectivity index (χ0) is 10.1. The zero-order valence-corrected chi connectivity index (χ0v) is 7.61. The summed E-state index contributed by atoms with van der Waals surface area (Å²) in [5, 5.41) is 8.42. The molecule has 0 aliphatic rings. The summed E-state index contributed by atoms with van der Waals surface area (Å²) in [4.78, 5) is 2.35. The molecule has 1 N–H and O–H groups in total. The molecule has 1 aromatic carbocycles. The molecular formula is C7H7N2O3S+. The standard InChI is InChI=1S/C7H6N2O3S/c1-5-2-3-6(9-8)7(4-5)13(10,11)12/h2-4H,1H3/p+1. The average molecular weight is 199 g/mol. The Bertz CT molecular complexity index is 473. The van der Waals surface area contributed by atoms with E-state index in [1.807, 2.05) is 0 Å². The molecule has 0 radical (unpaired) electrons. The van der Waals surface area contributed by atoms with Crippen molar-refractivity contribution in [2.24, 2.45) is 0 Å². The Labute approximate surface area is 75.4 Å². The Kier molecular flexibility index (Phi) is 2.32. The predicted octanol–water partition coefficient (Wildman–Crippen LogP) is 1.73. The molecule has 0 saturated carbocycles. The van der Waals surface area contributed by atoms with Crippen molar-refractivity contribution in [2.75, 3.05) is 0 Å². The lowest BCUT2D eigenvalue weighted by Gasteiger charge is -1.94. The van der Waals surface area contributed by atoms with E-state index in [0.29, 0.717) is 5.56 Å². The minimum atomic E-state index is -4.32. The van der Waals surface area contributed by atoms with Gasteiger partial charge in [-0.3, -0.25) is 4.55 Å². The first-order chi connectivity index (χ1) is 5.95. The van der Waals surface area contributed by atoms with Crippen LogP contribution in [0, 0.1) is 12.3 Å². The van der Waals surface area contributed by atoms with Crippen LogP contribution in [0.2, 0.25) is 0 Å². The van der Waals surface area contributed by atoms with Gasteiger partial charge in [0.15, 0.2) is 9.87 Å². The van der Waals surface area contributed by atoms with Gasteiger partial charge in [-0.05, 0) is 18.6 Å². The fraction of sp³-hybridized carbons (Fsp3) is 0.143. The van der Waals surface area contributed by atoms with Crippen LogP contribution in [-0.4, -0.2) is 13.0 Å². The lowest BCUT2D eigenvalue weighted by molar-refractivity contribution is 0.483. The van der Waals surface area contributed by atoms with Crippen molar-refractivity contribution >= 4 is 15.8 Å². The fourth-order valence-corrected chi connectivity index (χ4v) is 1.62. The second kappa shape index (κ2) is 3.12. The van der Waals surface area contributed by atoms with Crippen LogP contribution in [0.5, 0.6) is 0 Å². The Hall–Kier alpha value is -1.45. The number of hydrogen-bond acceptors (Lipinski definition) is 3. The Morgan fingerprint density at radius 2 is 2.08 bits per heavy atom. The molecule has 0 bridgehead atoms. The quantitative estimate of drug-likeness (QED) is 0.551. The summed E-state index contributed by atoms with van der Waals surface area (Å²) < 4.78 is 30.2. The minimum Gasteiger partial charge on any atom is -0.282 e. The van der Waals surface area contributed by atoms with E-state index < -0.39 is 15.0 Å². The van der Waals surface area contributed by atoms with Gasteiger partial charge in [-0.25, -0.2) is 0 Å². The topological polar surface area (TPSA) is 82.5 Å². The Morgan fingerprint density at radius 3 is 2.54 bits per heavy atom. The first kappa shape index (κ1) is 9.64. The van der Waals surface area contributed by atoms with Crippen molar-refractivity contribution in [3.8, 4) is 0 Å². The molecule has 68 valence electrons. The maximum Gasteiger partial charge on any atom is 0.405 e. The van der Waals surface area contributed by atoms with Gasteiger partial charge in [-0.15, -0.1) is 0 Å². The van der Waals surface area contributed by atoms with Gasteiger partial charge in [0.25, 0.3) is 0 Å². The van der Waals surface area contributed by atoms with E-state index in [4.69, 9.17) is 9.95 Å². The average Bonchev–Trinajstić information content (AvgIpc) is 2.03. The zero-order valence-electron chi connectivity index (χ0n) is 6.80. The third-order valence-corrected chi connectivity index (χ3v) is 2.38. The lowest BCUT2D eigenvalue weighted by atomic mass is 10.2. The van der Waals surface area contributed by atoms with Crippen molar-refractivity contribution in [1.82, 2.24) is 0 Å². The van der Waals surface area contributed by atoms with Crippen molar-refractivity contribution in [2.45, 2.75) is 11.8 Å². The van der Waals surface area contributed by atoms with Crippen molar-refractivity contribution in [3.05, 3.63) is 28.7 Å². The van der Waals surface area contributed by atoms with Crippen LogP contribution in [-0.2, 0) is 10.1 Å². The molecular weight excluding hydrogens is 192 g/mol. The number of nitrogens with zero attached hydrogens (tertiary/aromatic N) is 2. The molecule has 13 heavy (non-hydrogen) atoms. The molecule has 0 saturated heterocycles. The van der Waals surface area contributed by atoms with Gasteiger partial charge in [0.05, 0.1) is 0 Å². The van der Waals surface area contributed by atoms with Crippen LogP contribution < -0.4 is 0 Å². The summed E-state index contributed by atoms with van der Waals surface area (Å²) >= 11 is 0. The van der Waals surface area contributed by atoms with Gasteiger partial charge in [0, 0.05) is 6.07 Å². The lowest BCUT2D eigenvalue weighted by Crippen LogP contribution is -1.98. The first-order valence-corrected chi connectivity index (χ1v) is 4.82. The van der Waals surface area contributed by atoms with Crippen LogP contribution >= 0.6 is 0 Å². The highest BCUT2D eigenvalue weighted by Crippen LogP contribution is 2.24. The van der Waals surface area contributed by atoms with Gasteiger partial charge >= 0.3 is 15.8 Å². The smallest absolute Gasteiger partial charge is 0.282 e. The van der Waals surface area contributed by atoms with Gasteiger partial charge in [-0.1, -0.05) is 6.07 Å². The van der Waals surface area contributed by atoms with Crippen LogP contribution in [0.3, 0.4) is 0 Å². The van der Waals surface area contributed by atoms with E-state index in [1.165, 1.54) is 12.1 Å². The molecule has 0 unspecified atom stereocenters. The number of benzene rings is 1. The van der Waals surface area contributed by atoms with Crippen LogP contribution in [0.25, 0.3) is 4.98 Å². The van der Waals surface area contributed by atoms with Gasteiger partial charge in [0.2, 0.25) is 5.39 Å².